The van der Waals surface area contributed by atoms with Gasteiger partial charge in [-0.05, 0) is 43.1 Å². The second kappa shape index (κ2) is 10.4. The third-order valence-electron chi connectivity index (χ3n) is 4.22. The summed E-state index contributed by atoms with van der Waals surface area (Å²) >= 11 is 0. The molecule has 0 N–H and O–H groups in total. The first-order chi connectivity index (χ1) is 10.2. The van der Waals surface area contributed by atoms with Crippen LogP contribution in [0.5, 0.6) is 0 Å². The van der Waals surface area contributed by atoms with E-state index in [1.54, 1.807) is 0 Å². The highest BCUT2D eigenvalue weighted by Gasteiger charge is 2.37. The molecule has 0 amide bonds. The lowest BCUT2D eigenvalue weighted by Crippen LogP contribution is -2.41. The molecule has 1 atom stereocenters. The zero-order valence-electron chi connectivity index (χ0n) is 15.3. The van der Waals surface area contributed by atoms with E-state index in [0.29, 0.717) is 0 Å². The molecular formula is C18H35O2Si2. The van der Waals surface area contributed by atoms with E-state index < -0.39 is 17.4 Å². The van der Waals surface area contributed by atoms with Crippen molar-refractivity contribution in [2.45, 2.75) is 69.9 Å². The molecule has 2 nitrogen and oxygen atoms in total. The topological polar surface area (TPSA) is 18.5 Å². The van der Waals surface area contributed by atoms with Crippen molar-refractivity contribution in [3.63, 3.8) is 0 Å². The van der Waals surface area contributed by atoms with Gasteiger partial charge in [-0.3, -0.25) is 0 Å². The van der Waals surface area contributed by atoms with Gasteiger partial charge >= 0.3 is 0 Å². The molecule has 4 heteroatoms. The van der Waals surface area contributed by atoms with E-state index in [1.807, 2.05) is 18.2 Å². The van der Waals surface area contributed by atoms with Gasteiger partial charge in [-0.1, -0.05) is 39.0 Å². The fourth-order valence-electron chi connectivity index (χ4n) is 1.81. The molecule has 0 aliphatic rings. The van der Waals surface area contributed by atoms with Crippen molar-refractivity contribution in [2.75, 3.05) is 6.61 Å². The van der Waals surface area contributed by atoms with Gasteiger partial charge in [-0.25, -0.2) is 0 Å². The molecule has 0 aliphatic carbocycles. The third kappa shape index (κ3) is 8.27. The van der Waals surface area contributed by atoms with E-state index in [4.69, 9.17) is 8.85 Å². The third-order valence-corrected chi connectivity index (χ3v) is 10.9. The second-order valence-electron chi connectivity index (χ2n) is 7.19. The van der Waals surface area contributed by atoms with Gasteiger partial charge < -0.3 is 8.85 Å². The molecule has 0 aromatic rings. The zero-order valence-corrected chi connectivity index (χ0v) is 17.3. The Labute approximate surface area is 141 Å². The van der Waals surface area contributed by atoms with Gasteiger partial charge in [0.2, 0.25) is 9.04 Å². The Kier molecular flexibility index (Phi) is 10.2. The first-order valence-corrected chi connectivity index (χ1v) is 12.9. The summed E-state index contributed by atoms with van der Waals surface area (Å²) in [5.41, 5.74) is 0. The van der Waals surface area contributed by atoms with Crippen LogP contribution in [0.25, 0.3) is 0 Å². The van der Waals surface area contributed by atoms with Crippen molar-refractivity contribution in [1.29, 1.82) is 0 Å². The van der Waals surface area contributed by atoms with Crippen LogP contribution in [0.3, 0.4) is 0 Å². The fraction of sp³-hybridized carbons (Fsp3) is 0.667. The predicted molar refractivity (Wildman–Crippen MR) is 103 cm³/mol. The maximum absolute atomic E-state index is 6.30. The van der Waals surface area contributed by atoms with Gasteiger partial charge in [0.25, 0.3) is 0 Å². The second-order valence-corrected chi connectivity index (χ2v) is 14.1. The van der Waals surface area contributed by atoms with Crippen LogP contribution in [-0.2, 0) is 8.85 Å². The van der Waals surface area contributed by atoms with Gasteiger partial charge in [-0.15, -0.1) is 19.7 Å². The van der Waals surface area contributed by atoms with Crippen molar-refractivity contribution >= 4 is 17.4 Å². The summed E-state index contributed by atoms with van der Waals surface area (Å²) in [6, 6.07) is 1.90. The first kappa shape index (κ1) is 21.6. The molecule has 0 saturated heterocycles. The maximum atomic E-state index is 6.30. The number of rotatable bonds is 12. The van der Waals surface area contributed by atoms with Gasteiger partial charge in [0.1, 0.15) is 0 Å². The minimum Gasteiger partial charge on any atom is -0.417 e. The Hall–Kier alpha value is -0.426. The number of hydrogen-bond donors (Lipinski definition) is 0. The lowest BCUT2D eigenvalue weighted by molar-refractivity contribution is 0.158. The lowest BCUT2D eigenvalue weighted by Gasteiger charge is -2.36. The summed E-state index contributed by atoms with van der Waals surface area (Å²) in [7, 11) is -2.56. The Morgan fingerprint density at radius 1 is 1.05 bits per heavy atom. The van der Waals surface area contributed by atoms with E-state index in [2.05, 4.69) is 53.6 Å². The molecular weight excluding hydrogens is 304 g/mol. The van der Waals surface area contributed by atoms with E-state index in [9.17, 15) is 0 Å². The Bertz CT molecular complexity index is 335. The van der Waals surface area contributed by atoms with Crippen LogP contribution in [0.2, 0.25) is 30.2 Å². The quantitative estimate of drug-likeness (QED) is 0.334. The predicted octanol–water partition coefficient (Wildman–Crippen LogP) is 5.72. The maximum Gasteiger partial charge on any atom is 0.219 e. The summed E-state index contributed by atoms with van der Waals surface area (Å²) in [6.07, 6.45) is 7.86. The zero-order chi connectivity index (χ0) is 17.2. The molecule has 0 saturated carbocycles. The smallest absolute Gasteiger partial charge is 0.219 e. The average Bonchev–Trinajstić information content (AvgIpc) is 2.38. The van der Waals surface area contributed by atoms with Crippen molar-refractivity contribution in [1.82, 2.24) is 0 Å². The van der Waals surface area contributed by atoms with Crippen LogP contribution >= 0.6 is 0 Å². The summed E-state index contributed by atoms with van der Waals surface area (Å²) in [4.78, 5) is 0. The van der Waals surface area contributed by atoms with Crippen molar-refractivity contribution in [3.8, 4) is 0 Å². The normalized spacial score (nSPS) is 13.9. The molecule has 1 unspecified atom stereocenters. The fourth-order valence-corrected chi connectivity index (χ4v) is 4.56. The van der Waals surface area contributed by atoms with E-state index in [0.717, 1.165) is 31.5 Å². The van der Waals surface area contributed by atoms with E-state index >= 15 is 0 Å². The largest absolute Gasteiger partial charge is 0.417 e. The molecule has 0 aromatic carbocycles. The number of allylic oxidation sites excluding steroid dienone is 2. The summed E-state index contributed by atoms with van der Waals surface area (Å²) in [5, 5.41) is 0.252. The van der Waals surface area contributed by atoms with Crippen LogP contribution in [-0.4, -0.2) is 30.1 Å². The molecule has 0 aromatic heterocycles. The lowest BCUT2D eigenvalue weighted by atomic mass is 10.2. The van der Waals surface area contributed by atoms with E-state index in [-0.39, 0.29) is 11.1 Å². The highest BCUT2D eigenvalue weighted by atomic mass is 28.4. The minimum atomic E-state index is -1.67. The van der Waals surface area contributed by atoms with Crippen LogP contribution in [0.15, 0.2) is 38.0 Å². The molecule has 0 rings (SSSR count). The highest BCUT2D eigenvalue weighted by Crippen LogP contribution is 2.36. The molecule has 127 valence electrons. The molecule has 0 fully saturated rings. The molecule has 0 heterocycles. The molecule has 22 heavy (non-hydrogen) atoms. The van der Waals surface area contributed by atoms with E-state index in [1.165, 1.54) is 0 Å². The van der Waals surface area contributed by atoms with Gasteiger partial charge in [0.15, 0.2) is 8.32 Å². The van der Waals surface area contributed by atoms with Crippen LogP contribution in [0.1, 0.15) is 33.6 Å². The van der Waals surface area contributed by atoms with Gasteiger partial charge in [-0.2, -0.15) is 0 Å². The summed E-state index contributed by atoms with van der Waals surface area (Å²) in [5.74, 6) is 0. The minimum absolute atomic E-state index is 0.205. The van der Waals surface area contributed by atoms with Crippen molar-refractivity contribution in [3.05, 3.63) is 38.0 Å². The monoisotopic (exact) mass is 339 g/mol. The standard InChI is InChI=1S/C18H35O2Si2/c1-9-12-17(20-21(15-10-2)16-11-3)13-14-19-22(7,8)18(4,5)6/h9-11,17H,1-3,12-16H2,4-8H3. The average molecular weight is 340 g/mol. The summed E-state index contributed by atoms with van der Waals surface area (Å²) in [6.45, 7) is 23.7. The Morgan fingerprint density at radius 2 is 1.59 bits per heavy atom. The Morgan fingerprint density at radius 3 is 2.00 bits per heavy atom. The first-order valence-electron chi connectivity index (χ1n) is 8.16. The molecule has 0 aliphatic heterocycles. The molecule has 0 bridgehead atoms. The Balaban J connectivity index is 4.48. The van der Waals surface area contributed by atoms with Crippen molar-refractivity contribution in [2.24, 2.45) is 0 Å². The highest BCUT2D eigenvalue weighted by molar-refractivity contribution is 6.74. The SMILES string of the molecule is C=CCC(CCO[Si](C)(C)C(C)(C)C)O[Si](CC=C)CC=C. The molecule has 1 radical (unpaired) electrons. The van der Waals surface area contributed by atoms with Crippen LogP contribution < -0.4 is 0 Å². The van der Waals surface area contributed by atoms with Crippen LogP contribution in [0.4, 0.5) is 0 Å². The molecule has 0 spiro atoms. The van der Waals surface area contributed by atoms with Gasteiger partial charge in [0, 0.05) is 6.61 Å². The summed E-state index contributed by atoms with van der Waals surface area (Å²) < 4.78 is 12.6. The number of hydrogen-bond acceptors (Lipinski definition) is 2. The van der Waals surface area contributed by atoms with Crippen molar-refractivity contribution < 1.29 is 8.85 Å². The van der Waals surface area contributed by atoms with Gasteiger partial charge in [0.05, 0.1) is 6.10 Å². The van der Waals surface area contributed by atoms with Crippen LogP contribution in [0, 0.1) is 0 Å².